The molecule has 0 aliphatic rings. The van der Waals surface area contributed by atoms with Gasteiger partial charge in [-0.2, -0.15) is 0 Å². The maximum Gasteiger partial charge on any atom is 0.279 e. The van der Waals surface area contributed by atoms with Crippen molar-refractivity contribution in [3.8, 4) is 5.75 Å². The van der Waals surface area contributed by atoms with Crippen molar-refractivity contribution in [3.63, 3.8) is 0 Å². The molecule has 9 heteroatoms. The summed E-state index contributed by atoms with van der Waals surface area (Å²) in [6, 6.07) is 20.2. The van der Waals surface area contributed by atoms with Crippen LogP contribution in [-0.2, 0) is 10.5 Å². The maximum atomic E-state index is 13.0. The van der Waals surface area contributed by atoms with Gasteiger partial charge < -0.3 is 9.72 Å². The fraction of sp³-hybridized carbons (Fsp3) is 0.125. The Morgan fingerprint density at radius 3 is 2.48 bits per heavy atom. The number of hydrogen-bond donors (Lipinski definition) is 3. The number of halogens is 1. The van der Waals surface area contributed by atoms with Crippen LogP contribution in [0.4, 0.5) is 4.39 Å². The number of benzene rings is 3. The zero-order valence-corrected chi connectivity index (χ0v) is 18.5. The molecule has 0 saturated heterocycles. The molecule has 33 heavy (non-hydrogen) atoms. The first-order chi connectivity index (χ1) is 16.0. The number of amides is 2. The Morgan fingerprint density at radius 2 is 1.76 bits per heavy atom. The summed E-state index contributed by atoms with van der Waals surface area (Å²) in [5, 5.41) is 0.831. The second-order valence-electron chi connectivity index (χ2n) is 7.20. The maximum absolute atomic E-state index is 13.0. The van der Waals surface area contributed by atoms with Crippen LogP contribution >= 0.6 is 11.8 Å². The molecular weight excluding hydrogens is 443 g/mol. The van der Waals surface area contributed by atoms with E-state index in [9.17, 15) is 14.0 Å². The first-order valence-electron chi connectivity index (χ1n) is 10.2. The first-order valence-corrected chi connectivity index (χ1v) is 11.2. The highest BCUT2D eigenvalue weighted by Crippen LogP contribution is 2.23. The van der Waals surface area contributed by atoms with E-state index in [2.05, 4.69) is 20.8 Å². The third kappa shape index (κ3) is 5.89. The van der Waals surface area contributed by atoms with Gasteiger partial charge in [0, 0.05) is 11.3 Å². The summed E-state index contributed by atoms with van der Waals surface area (Å²) < 4.78 is 18.4. The van der Waals surface area contributed by atoms with Crippen LogP contribution in [0.1, 0.15) is 22.8 Å². The summed E-state index contributed by atoms with van der Waals surface area (Å²) in [5.41, 5.74) is 8.05. The Bertz CT molecular complexity index is 1230. The molecule has 4 rings (SSSR count). The predicted molar refractivity (Wildman–Crippen MR) is 124 cm³/mol. The van der Waals surface area contributed by atoms with Gasteiger partial charge in [0.2, 0.25) is 0 Å². The molecule has 1 unspecified atom stereocenters. The number of carbonyl (C=O) groups excluding carboxylic acids is 2. The Kier molecular flexibility index (Phi) is 6.89. The Labute approximate surface area is 193 Å². The van der Waals surface area contributed by atoms with Crippen molar-refractivity contribution in [1.82, 2.24) is 20.8 Å². The minimum absolute atomic E-state index is 0.349. The Balaban J connectivity index is 1.25. The second kappa shape index (κ2) is 10.2. The third-order valence-electron chi connectivity index (χ3n) is 4.75. The molecule has 3 aromatic carbocycles. The molecule has 1 heterocycles. The lowest BCUT2D eigenvalue weighted by Gasteiger charge is -2.15. The topological polar surface area (TPSA) is 96.1 Å². The highest BCUT2D eigenvalue weighted by Gasteiger charge is 2.16. The largest absolute Gasteiger partial charge is 0.481 e. The van der Waals surface area contributed by atoms with E-state index in [1.165, 1.54) is 31.2 Å². The van der Waals surface area contributed by atoms with Crippen molar-refractivity contribution < 1.29 is 18.7 Å². The summed E-state index contributed by atoms with van der Waals surface area (Å²) in [4.78, 5) is 32.3. The number of nitrogens with zero attached hydrogens (tertiary/aromatic N) is 1. The first kappa shape index (κ1) is 22.3. The predicted octanol–water partition coefficient (Wildman–Crippen LogP) is 4.22. The van der Waals surface area contributed by atoms with E-state index < -0.39 is 23.7 Å². The van der Waals surface area contributed by atoms with E-state index in [0.717, 1.165) is 21.8 Å². The van der Waals surface area contributed by atoms with Gasteiger partial charge >= 0.3 is 0 Å². The van der Waals surface area contributed by atoms with Gasteiger partial charge in [-0.25, -0.2) is 9.37 Å². The average molecular weight is 465 g/mol. The van der Waals surface area contributed by atoms with Gasteiger partial charge in [0.15, 0.2) is 11.3 Å². The van der Waals surface area contributed by atoms with E-state index in [1.54, 1.807) is 23.9 Å². The molecule has 3 N–H and O–H groups in total. The van der Waals surface area contributed by atoms with Gasteiger partial charge in [0.25, 0.3) is 11.8 Å². The minimum Gasteiger partial charge on any atom is -0.481 e. The molecule has 0 radical (unpaired) electrons. The van der Waals surface area contributed by atoms with Crippen LogP contribution in [0.3, 0.4) is 0 Å². The highest BCUT2D eigenvalue weighted by atomic mass is 32.2. The van der Waals surface area contributed by atoms with Gasteiger partial charge in [-0.05, 0) is 61.0 Å². The summed E-state index contributed by atoms with van der Waals surface area (Å²) in [7, 11) is 0. The minimum atomic E-state index is -0.881. The molecule has 0 fully saturated rings. The van der Waals surface area contributed by atoms with Crippen LogP contribution < -0.4 is 15.6 Å². The smallest absolute Gasteiger partial charge is 0.279 e. The fourth-order valence-electron chi connectivity index (χ4n) is 2.96. The number of ether oxygens (including phenoxy) is 1. The van der Waals surface area contributed by atoms with Crippen LogP contribution in [0.2, 0.25) is 0 Å². The molecule has 0 spiro atoms. The van der Waals surface area contributed by atoms with Crippen molar-refractivity contribution in [3.05, 3.63) is 89.7 Å². The number of rotatable bonds is 7. The summed E-state index contributed by atoms with van der Waals surface area (Å²) in [6.45, 7) is 1.53. The number of hydrazine groups is 1. The number of H-pyrrole nitrogens is 1. The van der Waals surface area contributed by atoms with Gasteiger partial charge in [0.1, 0.15) is 11.6 Å². The van der Waals surface area contributed by atoms with Crippen molar-refractivity contribution >= 4 is 34.6 Å². The molecule has 1 atom stereocenters. The van der Waals surface area contributed by atoms with Crippen molar-refractivity contribution in [1.29, 1.82) is 0 Å². The van der Waals surface area contributed by atoms with Crippen molar-refractivity contribution in [2.24, 2.45) is 0 Å². The standard InChI is InChI=1S/C24H21FN4O3S/c1-15(32-19-12-10-18(25)11-13-19)22(30)28-29-23(31)17-8-6-16(7-9-17)14-33-24-26-20-4-2-3-5-21(20)27-24/h2-13,15H,14H2,1H3,(H,26,27)(H,28,30)(H,29,31). The number of thioether (sulfide) groups is 1. The number of carbonyl (C=O) groups is 2. The lowest BCUT2D eigenvalue weighted by molar-refractivity contribution is -0.128. The van der Waals surface area contributed by atoms with Crippen LogP contribution in [0.25, 0.3) is 11.0 Å². The quantitative estimate of drug-likeness (QED) is 0.281. The van der Waals surface area contributed by atoms with Crippen LogP contribution in [0.5, 0.6) is 5.75 Å². The zero-order chi connectivity index (χ0) is 23.2. The number of nitrogens with one attached hydrogen (secondary N) is 3. The van der Waals surface area contributed by atoms with Gasteiger partial charge in [-0.3, -0.25) is 20.4 Å². The molecule has 2 amide bonds. The SMILES string of the molecule is CC(Oc1ccc(F)cc1)C(=O)NNC(=O)c1ccc(CSc2nc3ccccc3[nH]2)cc1. The number of para-hydroxylation sites is 2. The molecule has 4 aromatic rings. The summed E-state index contributed by atoms with van der Waals surface area (Å²) >= 11 is 1.57. The van der Waals surface area contributed by atoms with Gasteiger partial charge in [0.05, 0.1) is 11.0 Å². The fourth-order valence-corrected chi connectivity index (χ4v) is 3.81. The molecule has 0 bridgehead atoms. The normalized spacial score (nSPS) is 11.7. The van der Waals surface area contributed by atoms with E-state index >= 15 is 0 Å². The molecular formula is C24H21FN4O3S. The van der Waals surface area contributed by atoms with E-state index in [0.29, 0.717) is 17.1 Å². The molecule has 168 valence electrons. The number of hydrogen-bond acceptors (Lipinski definition) is 5. The second-order valence-corrected chi connectivity index (χ2v) is 8.17. The van der Waals surface area contributed by atoms with E-state index in [4.69, 9.17) is 4.74 Å². The number of aromatic amines is 1. The summed E-state index contributed by atoms with van der Waals surface area (Å²) in [5.74, 6) is -0.343. The average Bonchev–Trinajstić information content (AvgIpc) is 3.26. The molecule has 0 saturated carbocycles. The Morgan fingerprint density at radius 1 is 1.03 bits per heavy atom. The lowest BCUT2D eigenvalue weighted by atomic mass is 10.1. The lowest BCUT2D eigenvalue weighted by Crippen LogP contribution is -2.47. The summed E-state index contributed by atoms with van der Waals surface area (Å²) in [6.07, 6.45) is -0.881. The van der Waals surface area contributed by atoms with Crippen LogP contribution in [-0.4, -0.2) is 27.9 Å². The molecule has 7 nitrogen and oxygen atoms in total. The van der Waals surface area contributed by atoms with Crippen molar-refractivity contribution in [2.45, 2.75) is 23.9 Å². The Hall–Kier alpha value is -3.85. The number of fused-ring (bicyclic) bond motifs is 1. The van der Waals surface area contributed by atoms with Gasteiger partial charge in [-0.1, -0.05) is 36.0 Å². The molecule has 1 aromatic heterocycles. The van der Waals surface area contributed by atoms with E-state index in [1.807, 2.05) is 36.4 Å². The van der Waals surface area contributed by atoms with E-state index in [-0.39, 0.29) is 0 Å². The van der Waals surface area contributed by atoms with Gasteiger partial charge in [-0.15, -0.1) is 0 Å². The molecule has 0 aliphatic carbocycles. The zero-order valence-electron chi connectivity index (χ0n) is 17.7. The monoisotopic (exact) mass is 464 g/mol. The molecule has 0 aliphatic heterocycles. The highest BCUT2D eigenvalue weighted by molar-refractivity contribution is 7.98. The van der Waals surface area contributed by atoms with Crippen LogP contribution in [0, 0.1) is 5.82 Å². The van der Waals surface area contributed by atoms with Crippen LogP contribution in [0.15, 0.2) is 78.0 Å². The third-order valence-corrected chi connectivity index (χ3v) is 5.70. The number of aromatic nitrogens is 2. The number of imidazole rings is 1. The van der Waals surface area contributed by atoms with Crippen molar-refractivity contribution in [2.75, 3.05) is 0 Å².